The van der Waals surface area contributed by atoms with E-state index in [4.69, 9.17) is 9.88 Å². The molecule has 0 spiro atoms. The van der Waals surface area contributed by atoms with Gasteiger partial charge in [0.15, 0.2) is 17.0 Å². The van der Waals surface area contributed by atoms with E-state index >= 15 is 0 Å². The van der Waals surface area contributed by atoms with Crippen molar-refractivity contribution in [3.05, 3.63) is 40.6 Å². The van der Waals surface area contributed by atoms with E-state index in [9.17, 15) is 18.6 Å². The summed E-state index contributed by atoms with van der Waals surface area (Å²) in [5, 5.41) is 37.2. The maximum Gasteiger partial charge on any atom is 0.333 e. The highest BCUT2D eigenvalue weighted by molar-refractivity contribution is 9.10. The van der Waals surface area contributed by atoms with Crippen molar-refractivity contribution in [2.24, 2.45) is 5.14 Å². The predicted octanol–water partition coefficient (Wildman–Crippen LogP) is -0.132. The molecule has 0 saturated heterocycles. The van der Waals surface area contributed by atoms with Crippen LogP contribution in [-0.4, -0.2) is 75.1 Å². The Hall–Kier alpha value is -2.27. The van der Waals surface area contributed by atoms with Gasteiger partial charge >= 0.3 is 10.3 Å². The van der Waals surface area contributed by atoms with Crippen LogP contribution in [0.2, 0.25) is 0 Å². The summed E-state index contributed by atoms with van der Waals surface area (Å²) in [4.78, 5) is 8.49. The minimum Gasteiger partial charge on any atom is -0.388 e. The Morgan fingerprint density at radius 2 is 2.06 bits per heavy atom. The quantitative estimate of drug-likeness (QED) is 0.263. The molecule has 4 rings (SSSR count). The Morgan fingerprint density at radius 1 is 1.24 bits per heavy atom. The highest BCUT2D eigenvalue weighted by Crippen LogP contribution is 2.34. The number of aromatic nitrogens is 5. The molecule has 2 aromatic heterocycles. The van der Waals surface area contributed by atoms with E-state index in [-0.39, 0.29) is 19.6 Å². The summed E-state index contributed by atoms with van der Waals surface area (Å²) >= 11 is 3.44. The molecule has 0 amide bonds. The second kappa shape index (κ2) is 9.92. The minimum atomic E-state index is -4.08. The molecule has 4 atom stereocenters. The lowest BCUT2D eigenvalue weighted by Crippen LogP contribution is -2.33. The minimum absolute atomic E-state index is 0.137. The number of anilines is 1. The average molecular weight is 544 g/mol. The van der Waals surface area contributed by atoms with Gasteiger partial charge < -0.3 is 20.3 Å². The maximum absolute atomic E-state index is 10.8. The zero-order valence-corrected chi connectivity index (χ0v) is 19.6. The molecule has 0 aliphatic heterocycles. The molecule has 0 radical (unpaired) electrons. The predicted molar refractivity (Wildman–Crippen MR) is 119 cm³/mol. The van der Waals surface area contributed by atoms with E-state index in [0.29, 0.717) is 23.5 Å². The molecule has 0 bridgehead atoms. The Morgan fingerprint density at radius 3 is 2.82 bits per heavy atom. The molecule has 5 N–H and O–H groups in total. The average Bonchev–Trinajstić information content (AvgIpc) is 3.31. The topological polar surface area (TPSA) is 188 Å². The molecule has 1 saturated carbocycles. The third-order valence-corrected chi connectivity index (χ3v) is 6.17. The fourth-order valence-electron chi connectivity index (χ4n) is 3.68. The lowest BCUT2D eigenvalue weighted by molar-refractivity contribution is -0.0612. The van der Waals surface area contributed by atoms with Gasteiger partial charge in [-0.2, -0.15) is 8.42 Å². The molecule has 33 heavy (non-hydrogen) atoms. The summed E-state index contributed by atoms with van der Waals surface area (Å²) in [6.45, 7) is 0.0521. The van der Waals surface area contributed by atoms with Gasteiger partial charge in [0.1, 0.15) is 18.5 Å². The number of ether oxygens (including phenoxy) is 1. The molecule has 15 heteroatoms. The number of hydrogen-bond donors (Lipinski definition) is 4. The zero-order chi connectivity index (χ0) is 23.6. The molecule has 13 nitrogen and oxygen atoms in total. The Kier molecular flexibility index (Phi) is 7.18. The molecular weight excluding hydrogens is 522 g/mol. The van der Waals surface area contributed by atoms with E-state index < -0.39 is 34.7 Å². The molecule has 2 heterocycles. The summed E-state index contributed by atoms with van der Waals surface area (Å²) in [6, 6.07) is 7.15. The van der Waals surface area contributed by atoms with Crippen LogP contribution >= 0.6 is 15.9 Å². The Bertz CT molecular complexity index is 1230. The van der Waals surface area contributed by atoms with Crippen molar-refractivity contribution in [3.8, 4) is 0 Å². The van der Waals surface area contributed by atoms with Gasteiger partial charge in [0.2, 0.25) is 0 Å². The van der Waals surface area contributed by atoms with Gasteiger partial charge in [-0.1, -0.05) is 33.3 Å². The highest BCUT2D eigenvalue weighted by atomic mass is 79.9. The molecule has 178 valence electrons. The van der Waals surface area contributed by atoms with Crippen LogP contribution in [-0.2, 0) is 25.8 Å². The number of nitrogens with zero attached hydrogens (tertiary/aromatic N) is 5. The van der Waals surface area contributed by atoms with Gasteiger partial charge in [0.05, 0.1) is 25.4 Å². The first-order chi connectivity index (χ1) is 15.7. The standard InChI is InChI=1S/C18H22BrN7O6S/c19-11-3-1-2-10(6-11)8-21-17-14-18(23-9-22-17)26(25-24-14)12-7-13(16(28)15(12)27)31-4-5-32-33(20,29)30/h1-3,6,9,12-13,15-16,27-28H,4-5,7-8H2,(H2,20,29,30)(H,21,22,23)/t12-,13+,15+,16-/m0/s1. The molecule has 3 aromatic rings. The Labute approximate surface area is 197 Å². The van der Waals surface area contributed by atoms with Crippen LogP contribution in [0.4, 0.5) is 5.82 Å². The van der Waals surface area contributed by atoms with Crippen molar-refractivity contribution in [2.75, 3.05) is 18.5 Å². The number of aliphatic hydroxyl groups is 2. The van der Waals surface area contributed by atoms with Gasteiger partial charge in [-0.25, -0.2) is 19.8 Å². The van der Waals surface area contributed by atoms with Gasteiger partial charge in [-0.3, -0.25) is 4.18 Å². The highest BCUT2D eigenvalue weighted by Gasteiger charge is 2.44. The first-order valence-electron chi connectivity index (χ1n) is 9.92. The van der Waals surface area contributed by atoms with Gasteiger partial charge in [0.25, 0.3) is 0 Å². The second-order valence-corrected chi connectivity index (χ2v) is 9.56. The van der Waals surface area contributed by atoms with Gasteiger partial charge in [-0.15, -0.1) is 5.10 Å². The third-order valence-electron chi connectivity index (χ3n) is 5.19. The fourth-order valence-corrected chi connectivity index (χ4v) is 4.42. The van der Waals surface area contributed by atoms with Crippen LogP contribution in [0.25, 0.3) is 11.2 Å². The van der Waals surface area contributed by atoms with E-state index in [1.807, 2.05) is 24.3 Å². The molecule has 1 aliphatic carbocycles. The van der Waals surface area contributed by atoms with Crippen molar-refractivity contribution < 1.29 is 27.6 Å². The summed E-state index contributed by atoms with van der Waals surface area (Å²) in [7, 11) is -4.08. The number of nitrogens with two attached hydrogens (primary N) is 1. The number of fused-ring (bicyclic) bond motifs is 1. The van der Waals surface area contributed by atoms with Gasteiger partial charge in [-0.05, 0) is 17.7 Å². The fraction of sp³-hybridized carbons (Fsp3) is 0.444. The van der Waals surface area contributed by atoms with Gasteiger partial charge in [0, 0.05) is 17.4 Å². The summed E-state index contributed by atoms with van der Waals surface area (Å²) in [5.74, 6) is 0.479. The van der Waals surface area contributed by atoms with Crippen LogP contribution in [0, 0.1) is 0 Å². The van der Waals surface area contributed by atoms with E-state index in [0.717, 1.165) is 10.0 Å². The van der Waals surface area contributed by atoms with Crippen molar-refractivity contribution in [2.45, 2.75) is 37.3 Å². The maximum atomic E-state index is 10.8. The van der Waals surface area contributed by atoms with Crippen LogP contribution in [0.5, 0.6) is 0 Å². The van der Waals surface area contributed by atoms with E-state index in [2.05, 4.69) is 45.7 Å². The van der Waals surface area contributed by atoms with Crippen molar-refractivity contribution in [1.82, 2.24) is 25.0 Å². The molecule has 1 aromatic carbocycles. The SMILES string of the molecule is NS(=O)(=O)OCCO[C@@H]1C[C@H](n2nnc3c(NCc4cccc(Br)c4)ncnc32)[C@@H](O)[C@H]1O. The van der Waals surface area contributed by atoms with Crippen LogP contribution in [0.15, 0.2) is 35.1 Å². The number of benzene rings is 1. The second-order valence-electron chi connectivity index (χ2n) is 7.42. The monoisotopic (exact) mass is 543 g/mol. The molecule has 1 fully saturated rings. The number of hydrogen-bond acceptors (Lipinski definition) is 11. The lowest BCUT2D eigenvalue weighted by Gasteiger charge is -2.17. The molecular formula is C18H22BrN7O6S. The molecule has 1 aliphatic rings. The van der Waals surface area contributed by atoms with Crippen LogP contribution in [0.1, 0.15) is 18.0 Å². The number of aliphatic hydroxyl groups excluding tert-OH is 2. The lowest BCUT2D eigenvalue weighted by atomic mass is 10.2. The molecule has 0 unspecified atom stereocenters. The van der Waals surface area contributed by atoms with Crippen molar-refractivity contribution in [3.63, 3.8) is 0 Å². The van der Waals surface area contributed by atoms with Crippen molar-refractivity contribution in [1.29, 1.82) is 0 Å². The van der Waals surface area contributed by atoms with E-state index in [1.165, 1.54) is 11.0 Å². The largest absolute Gasteiger partial charge is 0.388 e. The normalized spacial score (nSPS) is 23.3. The smallest absolute Gasteiger partial charge is 0.333 e. The number of rotatable bonds is 9. The first kappa shape index (κ1) is 23.9. The Balaban J connectivity index is 1.46. The first-order valence-corrected chi connectivity index (χ1v) is 12.2. The van der Waals surface area contributed by atoms with Crippen LogP contribution in [0.3, 0.4) is 0 Å². The number of nitrogens with one attached hydrogen (secondary N) is 1. The third kappa shape index (κ3) is 5.63. The van der Waals surface area contributed by atoms with Crippen molar-refractivity contribution >= 4 is 43.2 Å². The summed E-state index contributed by atoms with van der Waals surface area (Å²) in [5.41, 5.74) is 1.83. The van der Waals surface area contributed by atoms with Crippen LogP contribution < -0.4 is 10.5 Å². The summed E-state index contributed by atoms with van der Waals surface area (Å²) in [6.07, 6.45) is -1.64. The van der Waals surface area contributed by atoms with E-state index in [1.54, 1.807) is 0 Å². The summed E-state index contributed by atoms with van der Waals surface area (Å²) < 4.78 is 33.9. The zero-order valence-electron chi connectivity index (χ0n) is 17.2. The number of halogens is 1.